The molecule has 2 rings (SSSR count). The van der Waals surface area contributed by atoms with Crippen molar-refractivity contribution in [2.75, 3.05) is 0 Å². The molecule has 0 saturated heterocycles. The van der Waals surface area contributed by atoms with E-state index in [0.717, 1.165) is 6.54 Å². The second-order valence-corrected chi connectivity index (χ2v) is 4.70. The highest BCUT2D eigenvalue weighted by Gasteiger charge is 2.33. The summed E-state index contributed by atoms with van der Waals surface area (Å²) in [5.41, 5.74) is -0.433. The highest BCUT2D eigenvalue weighted by Crippen LogP contribution is 2.30. The average Bonchev–Trinajstić information content (AvgIpc) is 2.81. The van der Waals surface area contributed by atoms with Crippen LogP contribution < -0.4 is 0 Å². The zero-order valence-corrected chi connectivity index (χ0v) is 8.97. The molecule has 1 aliphatic rings. The Morgan fingerprint density at radius 2 is 2.33 bits per heavy atom. The molecule has 0 spiro atoms. The van der Waals surface area contributed by atoms with Crippen LogP contribution in [0, 0.1) is 5.92 Å². The van der Waals surface area contributed by atoms with Gasteiger partial charge in [-0.3, -0.25) is 9.48 Å². The summed E-state index contributed by atoms with van der Waals surface area (Å²) in [6, 6.07) is 0. The maximum absolute atomic E-state index is 11.0. The Hall–Kier alpha value is -1.39. The molecule has 1 aromatic rings. The summed E-state index contributed by atoms with van der Waals surface area (Å²) in [4.78, 5) is 11.0. The van der Waals surface area contributed by atoms with Gasteiger partial charge in [-0.25, -0.2) is 0 Å². The van der Waals surface area contributed by atoms with Gasteiger partial charge in [-0.05, 0) is 32.6 Å². The van der Waals surface area contributed by atoms with Crippen molar-refractivity contribution in [3.8, 4) is 0 Å². The van der Waals surface area contributed by atoms with Crippen LogP contribution in [-0.2, 0) is 16.8 Å². The quantitative estimate of drug-likeness (QED) is 0.804. The van der Waals surface area contributed by atoms with Crippen LogP contribution in [0.1, 0.15) is 32.4 Å². The van der Waals surface area contributed by atoms with E-state index >= 15 is 0 Å². The van der Waals surface area contributed by atoms with E-state index in [1.54, 1.807) is 24.7 Å². The zero-order valence-electron chi connectivity index (χ0n) is 8.97. The summed E-state index contributed by atoms with van der Waals surface area (Å²) in [5, 5.41) is 16.9. The van der Waals surface area contributed by atoms with Gasteiger partial charge >= 0.3 is 5.97 Å². The molecule has 0 unspecified atom stereocenters. The lowest BCUT2D eigenvalue weighted by Crippen LogP contribution is -2.28. The van der Waals surface area contributed by atoms with E-state index in [2.05, 4.69) is 10.3 Å². The third-order valence-electron chi connectivity index (χ3n) is 2.86. The van der Waals surface area contributed by atoms with E-state index in [9.17, 15) is 4.79 Å². The van der Waals surface area contributed by atoms with Crippen molar-refractivity contribution >= 4 is 5.97 Å². The molecule has 1 aromatic heterocycles. The van der Waals surface area contributed by atoms with Crippen molar-refractivity contribution in [1.82, 2.24) is 15.0 Å². The summed E-state index contributed by atoms with van der Waals surface area (Å²) < 4.78 is 1.75. The van der Waals surface area contributed by atoms with Crippen LogP contribution in [0.25, 0.3) is 0 Å². The summed E-state index contributed by atoms with van der Waals surface area (Å²) in [5.74, 6) is -0.159. The number of hydrogen-bond acceptors (Lipinski definition) is 3. The Balaban J connectivity index is 2.14. The lowest BCUT2D eigenvalue weighted by atomic mass is 9.90. The summed E-state index contributed by atoms with van der Waals surface area (Å²) >= 11 is 0. The molecule has 1 aliphatic carbocycles. The summed E-state index contributed by atoms with van der Waals surface area (Å²) in [6.07, 6.45) is 4.24. The van der Waals surface area contributed by atoms with Gasteiger partial charge in [0.2, 0.25) is 0 Å². The van der Waals surface area contributed by atoms with Crippen LogP contribution >= 0.6 is 0 Å². The number of aromatic nitrogens is 3. The Morgan fingerprint density at radius 1 is 1.67 bits per heavy atom. The largest absolute Gasteiger partial charge is 0.481 e. The first kappa shape index (κ1) is 10.1. The van der Waals surface area contributed by atoms with Gasteiger partial charge in [-0.15, -0.1) is 5.10 Å². The Kier molecular flexibility index (Phi) is 2.25. The number of hydrogen-bond donors (Lipinski definition) is 1. The van der Waals surface area contributed by atoms with Gasteiger partial charge in [0.1, 0.15) is 5.41 Å². The highest BCUT2D eigenvalue weighted by atomic mass is 16.4. The highest BCUT2D eigenvalue weighted by molar-refractivity contribution is 5.79. The summed E-state index contributed by atoms with van der Waals surface area (Å²) in [7, 11) is 0. The SMILES string of the molecule is CC(C)(C(=O)O)c1cn(CC2CC2)nn1. The standard InChI is InChI=1S/C10H15N3O2/c1-10(2,9(14)15)8-6-13(12-11-8)5-7-3-4-7/h6-7H,3-5H2,1-2H3,(H,14,15). The van der Waals surface area contributed by atoms with Gasteiger partial charge in [0.25, 0.3) is 0 Å². The van der Waals surface area contributed by atoms with Gasteiger partial charge in [-0.2, -0.15) is 0 Å². The number of aliphatic carboxylic acids is 1. The lowest BCUT2D eigenvalue weighted by molar-refractivity contribution is -0.142. The molecule has 82 valence electrons. The molecular formula is C10H15N3O2. The van der Waals surface area contributed by atoms with E-state index < -0.39 is 11.4 Å². The molecule has 0 atom stereocenters. The molecular weight excluding hydrogens is 194 g/mol. The van der Waals surface area contributed by atoms with Crippen molar-refractivity contribution in [3.05, 3.63) is 11.9 Å². The fraction of sp³-hybridized carbons (Fsp3) is 0.700. The van der Waals surface area contributed by atoms with Crippen molar-refractivity contribution in [2.45, 2.75) is 38.6 Å². The van der Waals surface area contributed by atoms with Gasteiger partial charge in [0, 0.05) is 12.7 Å². The fourth-order valence-electron chi connectivity index (χ4n) is 1.35. The molecule has 1 fully saturated rings. The molecule has 0 radical (unpaired) electrons. The third kappa shape index (κ3) is 2.00. The first-order valence-corrected chi connectivity index (χ1v) is 5.14. The molecule has 0 aromatic carbocycles. The third-order valence-corrected chi connectivity index (χ3v) is 2.86. The fourth-order valence-corrected chi connectivity index (χ4v) is 1.35. The van der Waals surface area contributed by atoms with Crippen LogP contribution in [0.2, 0.25) is 0 Å². The predicted molar refractivity (Wildman–Crippen MR) is 53.4 cm³/mol. The van der Waals surface area contributed by atoms with E-state index in [1.807, 2.05) is 0 Å². The number of rotatable bonds is 4. The molecule has 0 amide bonds. The van der Waals surface area contributed by atoms with E-state index in [-0.39, 0.29) is 0 Å². The van der Waals surface area contributed by atoms with Gasteiger partial charge in [0.05, 0.1) is 5.69 Å². The Bertz CT molecular complexity index is 380. The molecule has 15 heavy (non-hydrogen) atoms. The van der Waals surface area contributed by atoms with Crippen LogP contribution in [0.3, 0.4) is 0 Å². The van der Waals surface area contributed by atoms with E-state index in [4.69, 9.17) is 5.11 Å². The second-order valence-electron chi connectivity index (χ2n) is 4.70. The molecule has 5 heteroatoms. The maximum Gasteiger partial charge on any atom is 0.315 e. The van der Waals surface area contributed by atoms with Gasteiger partial charge in [0.15, 0.2) is 0 Å². The monoisotopic (exact) mass is 209 g/mol. The Morgan fingerprint density at radius 3 is 2.87 bits per heavy atom. The average molecular weight is 209 g/mol. The topological polar surface area (TPSA) is 68.0 Å². The number of carbonyl (C=O) groups is 1. The number of nitrogens with zero attached hydrogens (tertiary/aromatic N) is 3. The van der Waals surface area contributed by atoms with Gasteiger partial charge < -0.3 is 5.11 Å². The molecule has 0 aliphatic heterocycles. The molecule has 1 N–H and O–H groups in total. The van der Waals surface area contributed by atoms with Crippen molar-refractivity contribution in [3.63, 3.8) is 0 Å². The van der Waals surface area contributed by atoms with Crippen LogP contribution in [0.4, 0.5) is 0 Å². The minimum absolute atomic E-state index is 0.524. The van der Waals surface area contributed by atoms with Crippen LogP contribution in [0.5, 0.6) is 0 Å². The second kappa shape index (κ2) is 3.32. The molecule has 5 nitrogen and oxygen atoms in total. The number of carboxylic acid groups (broad SMARTS) is 1. The van der Waals surface area contributed by atoms with E-state index in [0.29, 0.717) is 11.6 Å². The summed E-state index contributed by atoms with van der Waals surface area (Å²) in [6.45, 7) is 4.14. The number of carboxylic acids is 1. The van der Waals surface area contributed by atoms with Crippen molar-refractivity contribution < 1.29 is 9.90 Å². The lowest BCUT2D eigenvalue weighted by Gasteiger charge is -2.14. The zero-order chi connectivity index (χ0) is 11.1. The first-order valence-electron chi connectivity index (χ1n) is 5.14. The Labute approximate surface area is 88.1 Å². The van der Waals surface area contributed by atoms with Crippen LogP contribution in [-0.4, -0.2) is 26.1 Å². The maximum atomic E-state index is 11.0. The first-order chi connectivity index (χ1) is 7.00. The smallest absolute Gasteiger partial charge is 0.315 e. The molecule has 1 saturated carbocycles. The predicted octanol–water partition coefficient (Wildman–Crippen LogP) is 1.05. The molecule has 0 bridgehead atoms. The minimum Gasteiger partial charge on any atom is -0.481 e. The molecule has 1 heterocycles. The van der Waals surface area contributed by atoms with Crippen LogP contribution in [0.15, 0.2) is 6.20 Å². The van der Waals surface area contributed by atoms with Gasteiger partial charge in [-0.1, -0.05) is 5.21 Å². The van der Waals surface area contributed by atoms with E-state index in [1.165, 1.54) is 12.8 Å². The minimum atomic E-state index is -0.957. The van der Waals surface area contributed by atoms with Crippen molar-refractivity contribution in [1.29, 1.82) is 0 Å². The normalized spacial score (nSPS) is 16.7. The van der Waals surface area contributed by atoms with Crippen molar-refractivity contribution in [2.24, 2.45) is 5.92 Å².